The number of thiophene rings is 1. The molecule has 1 unspecified atom stereocenters. The lowest BCUT2D eigenvalue weighted by molar-refractivity contribution is 0.0186. The van der Waals surface area contributed by atoms with Crippen LogP contribution in [0.3, 0.4) is 0 Å². The fraction of sp³-hybridized carbons (Fsp3) is 0.722. The van der Waals surface area contributed by atoms with Crippen LogP contribution in [0.25, 0.3) is 0 Å². The van der Waals surface area contributed by atoms with E-state index in [0.29, 0.717) is 12.6 Å². The topological polar surface area (TPSA) is 60.3 Å². The van der Waals surface area contributed by atoms with E-state index >= 15 is 0 Å². The number of ether oxygens (including phenoxy) is 1. The predicted molar refractivity (Wildman–Crippen MR) is 118 cm³/mol. The molecule has 0 amide bonds. The van der Waals surface area contributed by atoms with Crippen molar-refractivity contribution in [3.63, 3.8) is 0 Å². The molecule has 0 radical (unpaired) electrons. The van der Waals surface area contributed by atoms with Crippen molar-refractivity contribution in [3.05, 3.63) is 21.9 Å². The highest BCUT2D eigenvalue weighted by atomic mass is 127. The number of likely N-dealkylation sites (tertiary alicyclic amines) is 1. The molecule has 2 N–H and O–H groups in total. The number of rotatable bonds is 5. The highest BCUT2D eigenvalue weighted by molar-refractivity contribution is 14.0. The van der Waals surface area contributed by atoms with Crippen molar-refractivity contribution in [3.8, 4) is 0 Å². The van der Waals surface area contributed by atoms with Gasteiger partial charge in [-0.3, -0.25) is 9.89 Å². The minimum absolute atomic E-state index is 0. The molecule has 0 aromatic carbocycles. The number of halogens is 1. The molecule has 0 aliphatic carbocycles. The van der Waals surface area contributed by atoms with Crippen LogP contribution in [0.5, 0.6) is 0 Å². The van der Waals surface area contributed by atoms with Gasteiger partial charge in [-0.2, -0.15) is 0 Å². The lowest BCUT2D eigenvalue weighted by Crippen LogP contribution is -2.42. The van der Waals surface area contributed by atoms with E-state index in [0.717, 1.165) is 58.3 Å². The zero-order valence-corrected chi connectivity index (χ0v) is 18.8. The van der Waals surface area contributed by atoms with Crippen molar-refractivity contribution in [1.82, 2.24) is 15.1 Å². The van der Waals surface area contributed by atoms with Crippen molar-refractivity contribution in [2.45, 2.75) is 32.4 Å². The first-order valence-electron chi connectivity index (χ1n) is 9.27. The fourth-order valence-electron chi connectivity index (χ4n) is 3.44. The van der Waals surface area contributed by atoms with Crippen molar-refractivity contribution in [2.24, 2.45) is 4.99 Å². The van der Waals surface area contributed by atoms with Crippen molar-refractivity contribution >= 4 is 41.3 Å². The average molecular weight is 494 g/mol. The van der Waals surface area contributed by atoms with Gasteiger partial charge in [0.1, 0.15) is 0 Å². The van der Waals surface area contributed by atoms with Gasteiger partial charge in [0.25, 0.3) is 0 Å². The maximum Gasteiger partial charge on any atom is 0.194 e. The number of aliphatic hydroxyl groups excluding tert-OH is 1. The molecule has 1 aromatic rings. The number of hydrogen-bond acceptors (Lipinski definition) is 5. The molecule has 1 aromatic heterocycles. The summed E-state index contributed by atoms with van der Waals surface area (Å²) in [5, 5.41) is 13.2. The van der Waals surface area contributed by atoms with Crippen LogP contribution in [0.4, 0.5) is 0 Å². The number of aliphatic imine (C=N–C) groups is 1. The van der Waals surface area contributed by atoms with Crippen LogP contribution in [0.2, 0.25) is 0 Å². The lowest BCUT2D eigenvalue weighted by atomic mass is 10.2. The summed E-state index contributed by atoms with van der Waals surface area (Å²) in [5.41, 5.74) is 0. The highest BCUT2D eigenvalue weighted by Gasteiger charge is 2.26. The Bertz CT molecular complexity index is 577. The molecule has 2 aliphatic rings. The normalized spacial score (nSPS) is 23.0. The summed E-state index contributed by atoms with van der Waals surface area (Å²) >= 11 is 1.86. The Morgan fingerprint density at radius 1 is 1.38 bits per heavy atom. The maximum absolute atomic E-state index is 9.83. The summed E-state index contributed by atoms with van der Waals surface area (Å²) in [5.74, 6) is 0.922. The van der Waals surface area contributed by atoms with Gasteiger partial charge >= 0.3 is 0 Å². The van der Waals surface area contributed by atoms with Crippen LogP contribution in [-0.4, -0.2) is 79.5 Å². The molecule has 3 heterocycles. The summed E-state index contributed by atoms with van der Waals surface area (Å²) in [7, 11) is 0. The zero-order chi connectivity index (χ0) is 17.6. The third-order valence-electron chi connectivity index (χ3n) is 4.79. The SMILES string of the molecule is CCNC(=NCC(c1ccc(C)s1)N1CCOCC1)N1CC[C@@H](O)C1.I. The van der Waals surface area contributed by atoms with Crippen molar-refractivity contribution in [1.29, 1.82) is 0 Å². The van der Waals surface area contributed by atoms with Crippen LogP contribution < -0.4 is 5.32 Å². The third-order valence-corrected chi connectivity index (χ3v) is 5.89. The Morgan fingerprint density at radius 2 is 2.15 bits per heavy atom. The number of morpholine rings is 1. The zero-order valence-electron chi connectivity index (χ0n) is 15.7. The van der Waals surface area contributed by atoms with Crippen LogP contribution in [0.15, 0.2) is 17.1 Å². The molecule has 8 heteroatoms. The maximum atomic E-state index is 9.83. The number of aryl methyl sites for hydroxylation is 1. The number of aliphatic hydroxyl groups is 1. The van der Waals surface area contributed by atoms with E-state index in [1.54, 1.807) is 0 Å². The van der Waals surface area contributed by atoms with Gasteiger partial charge in [0.15, 0.2) is 5.96 Å². The minimum Gasteiger partial charge on any atom is -0.391 e. The number of guanidine groups is 1. The van der Waals surface area contributed by atoms with E-state index in [4.69, 9.17) is 9.73 Å². The van der Waals surface area contributed by atoms with Gasteiger partial charge in [0, 0.05) is 42.5 Å². The summed E-state index contributed by atoms with van der Waals surface area (Å²) in [6, 6.07) is 4.73. The standard InChI is InChI=1S/C18H30N4O2S.HI/c1-3-19-18(22-7-6-15(23)13-22)20-12-16(17-5-4-14(2)25-17)21-8-10-24-11-9-21;/h4-5,15-16,23H,3,6-13H2,1-2H3,(H,19,20);1H/t15-,16?;/m1./s1. The summed E-state index contributed by atoms with van der Waals surface area (Å²) in [6.07, 6.45) is 0.584. The molecular weight excluding hydrogens is 463 g/mol. The largest absolute Gasteiger partial charge is 0.391 e. The molecule has 0 spiro atoms. The van der Waals surface area contributed by atoms with Gasteiger partial charge < -0.3 is 20.1 Å². The Hall–Kier alpha value is -0.420. The van der Waals surface area contributed by atoms with E-state index in [1.807, 2.05) is 11.3 Å². The van der Waals surface area contributed by atoms with Gasteiger partial charge in [0.2, 0.25) is 0 Å². The summed E-state index contributed by atoms with van der Waals surface area (Å²) in [4.78, 5) is 12.3. The molecule has 2 fully saturated rings. The van der Waals surface area contributed by atoms with Gasteiger partial charge in [-0.05, 0) is 32.4 Å². The molecular formula is C18H31IN4O2S. The molecule has 148 valence electrons. The number of β-amino-alcohol motifs (C(OH)–C–C–N with tert-alkyl or cyclic N) is 1. The second kappa shape index (κ2) is 10.8. The Balaban J connectivity index is 0.00000243. The molecule has 6 nitrogen and oxygen atoms in total. The first-order chi connectivity index (χ1) is 12.2. The van der Waals surface area contributed by atoms with Gasteiger partial charge in [-0.15, -0.1) is 35.3 Å². The van der Waals surface area contributed by atoms with E-state index < -0.39 is 0 Å². The summed E-state index contributed by atoms with van der Waals surface area (Å²) < 4.78 is 5.53. The quantitative estimate of drug-likeness (QED) is 0.373. The second-order valence-corrected chi connectivity index (χ2v) is 8.02. The van der Waals surface area contributed by atoms with Crippen LogP contribution >= 0.6 is 35.3 Å². The molecule has 0 bridgehead atoms. The Morgan fingerprint density at radius 3 is 2.73 bits per heavy atom. The molecule has 2 saturated heterocycles. The lowest BCUT2D eigenvalue weighted by Gasteiger charge is -2.33. The molecule has 2 aliphatic heterocycles. The molecule has 0 saturated carbocycles. The number of hydrogen-bond donors (Lipinski definition) is 2. The van der Waals surface area contributed by atoms with Crippen molar-refractivity contribution < 1.29 is 9.84 Å². The van der Waals surface area contributed by atoms with Gasteiger partial charge in [-0.25, -0.2) is 0 Å². The smallest absolute Gasteiger partial charge is 0.194 e. The van der Waals surface area contributed by atoms with Crippen LogP contribution in [0, 0.1) is 6.92 Å². The van der Waals surface area contributed by atoms with E-state index in [2.05, 4.69) is 41.1 Å². The van der Waals surface area contributed by atoms with E-state index in [-0.39, 0.29) is 30.1 Å². The molecule has 3 rings (SSSR count). The second-order valence-electron chi connectivity index (χ2n) is 6.70. The third kappa shape index (κ3) is 5.79. The van der Waals surface area contributed by atoms with Crippen LogP contribution in [0.1, 0.15) is 29.1 Å². The molecule has 26 heavy (non-hydrogen) atoms. The first kappa shape index (κ1) is 21.9. The average Bonchev–Trinajstić information content (AvgIpc) is 3.24. The number of nitrogens with zero attached hydrogens (tertiary/aromatic N) is 3. The van der Waals surface area contributed by atoms with Crippen LogP contribution in [-0.2, 0) is 4.74 Å². The van der Waals surface area contributed by atoms with E-state index in [9.17, 15) is 5.11 Å². The molecule has 2 atom stereocenters. The minimum atomic E-state index is -0.237. The predicted octanol–water partition coefficient (Wildman–Crippen LogP) is 2.08. The Labute approximate surface area is 177 Å². The van der Waals surface area contributed by atoms with E-state index in [1.165, 1.54) is 9.75 Å². The highest BCUT2D eigenvalue weighted by Crippen LogP contribution is 2.28. The first-order valence-corrected chi connectivity index (χ1v) is 10.1. The van der Waals surface area contributed by atoms with Gasteiger partial charge in [-0.1, -0.05) is 0 Å². The summed E-state index contributed by atoms with van der Waals surface area (Å²) in [6.45, 7) is 10.9. The fourth-order valence-corrected chi connectivity index (χ4v) is 4.44. The van der Waals surface area contributed by atoms with Gasteiger partial charge in [0.05, 0.1) is 31.9 Å². The Kier molecular flexibility index (Phi) is 9.08. The number of nitrogens with one attached hydrogen (secondary N) is 1. The monoisotopic (exact) mass is 494 g/mol. The van der Waals surface area contributed by atoms with Crippen molar-refractivity contribution in [2.75, 3.05) is 52.5 Å².